The van der Waals surface area contributed by atoms with Gasteiger partial charge in [0, 0.05) is 12.0 Å². The third-order valence-corrected chi connectivity index (χ3v) is 5.42. The summed E-state index contributed by atoms with van der Waals surface area (Å²) in [5.74, 6) is 0.559. The summed E-state index contributed by atoms with van der Waals surface area (Å²) in [6.07, 6.45) is 6.17. The molecule has 0 bridgehead atoms. The highest BCUT2D eigenvalue weighted by Crippen LogP contribution is 2.24. The fourth-order valence-electron chi connectivity index (χ4n) is 3.09. The van der Waals surface area contributed by atoms with E-state index in [4.69, 9.17) is 0 Å². The highest BCUT2D eigenvalue weighted by molar-refractivity contribution is 8.14. The van der Waals surface area contributed by atoms with E-state index in [9.17, 15) is 10.1 Å². The second-order valence-electron chi connectivity index (χ2n) is 6.28. The van der Waals surface area contributed by atoms with Gasteiger partial charge >= 0.3 is 0 Å². The molecule has 130 valence electrons. The van der Waals surface area contributed by atoms with E-state index < -0.39 is 0 Å². The summed E-state index contributed by atoms with van der Waals surface area (Å²) in [5, 5.41) is 15.8. The highest BCUT2D eigenvalue weighted by atomic mass is 32.2. The van der Waals surface area contributed by atoms with Crippen LogP contribution in [0.5, 0.6) is 0 Å². The summed E-state index contributed by atoms with van der Waals surface area (Å²) in [6.45, 7) is 2.71. The van der Waals surface area contributed by atoms with Gasteiger partial charge in [0.05, 0.1) is 12.6 Å². The predicted molar refractivity (Wildman–Crippen MR) is 101 cm³/mol. The Hall–Kier alpha value is -2.26. The summed E-state index contributed by atoms with van der Waals surface area (Å²) in [5.41, 5.74) is 3.94. The molecule has 1 unspecified atom stereocenters. The maximum atomic E-state index is 12.4. The summed E-state index contributed by atoms with van der Waals surface area (Å²) in [4.78, 5) is 16.6. The van der Waals surface area contributed by atoms with Crippen LogP contribution in [0.25, 0.3) is 0 Å². The lowest BCUT2D eigenvalue weighted by atomic mass is 9.89. The van der Waals surface area contributed by atoms with Crippen LogP contribution in [0.1, 0.15) is 42.5 Å². The number of hydrogen-bond acceptors (Lipinski definition) is 5. The lowest BCUT2D eigenvalue weighted by Gasteiger charge is -2.20. The number of fused-ring (bicyclic) bond motifs is 1. The minimum atomic E-state index is -0.371. The predicted octanol–water partition coefficient (Wildman–Crippen LogP) is 2.84. The van der Waals surface area contributed by atoms with E-state index >= 15 is 0 Å². The normalized spacial score (nSPS) is 17.9. The number of aryl methyl sites for hydroxylation is 2. The molecule has 0 radical (unpaired) electrons. The van der Waals surface area contributed by atoms with Gasteiger partial charge in [-0.1, -0.05) is 30.0 Å². The fraction of sp³-hybridized carbons (Fsp3) is 0.421. The fourth-order valence-corrected chi connectivity index (χ4v) is 3.79. The van der Waals surface area contributed by atoms with Gasteiger partial charge < -0.3 is 10.6 Å². The molecule has 1 aromatic rings. The van der Waals surface area contributed by atoms with Gasteiger partial charge in [-0.15, -0.1) is 0 Å². The Morgan fingerprint density at radius 1 is 1.36 bits per heavy atom. The summed E-state index contributed by atoms with van der Waals surface area (Å²) < 4.78 is 0. The molecule has 5 nitrogen and oxygen atoms in total. The Kier molecular flexibility index (Phi) is 5.77. The van der Waals surface area contributed by atoms with E-state index in [-0.39, 0.29) is 17.5 Å². The Labute approximate surface area is 152 Å². The molecular formula is C19H22N4OS. The van der Waals surface area contributed by atoms with E-state index in [1.807, 2.05) is 13.0 Å². The maximum Gasteiger partial charge on any atom is 0.263 e. The number of benzene rings is 1. The molecule has 1 amide bonds. The van der Waals surface area contributed by atoms with Crippen molar-refractivity contribution in [2.75, 3.05) is 12.3 Å². The first-order chi connectivity index (χ1) is 12.2. The Balaban J connectivity index is 1.64. The zero-order valence-corrected chi connectivity index (χ0v) is 15.2. The molecule has 1 heterocycles. The molecule has 1 aromatic carbocycles. The SMILES string of the molecule is CC(NC(=O)/C(C#N)=C\NC1=NCCS1)c1ccc2c(c1)CCCC2. The molecule has 1 atom stereocenters. The lowest BCUT2D eigenvalue weighted by Crippen LogP contribution is -2.29. The van der Waals surface area contributed by atoms with Crippen molar-refractivity contribution >= 4 is 22.8 Å². The number of thioether (sulfide) groups is 1. The quantitative estimate of drug-likeness (QED) is 0.644. The van der Waals surface area contributed by atoms with Crippen molar-refractivity contribution in [2.45, 2.75) is 38.6 Å². The highest BCUT2D eigenvalue weighted by Gasteiger charge is 2.16. The van der Waals surface area contributed by atoms with Crippen LogP contribution in [0, 0.1) is 11.3 Å². The molecule has 6 heteroatoms. The van der Waals surface area contributed by atoms with E-state index in [1.165, 1.54) is 30.2 Å². The zero-order chi connectivity index (χ0) is 17.6. The first-order valence-corrected chi connectivity index (χ1v) is 9.62. The van der Waals surface area contributed by atoms with Crippen molar-refractivity contribution in [2.24, 2.45) is 4.99 Å². The molecule has 0 aromatic heterocycles. The number of nitriles is 1. The number of rotatable bonds is 4. The average molecular weight is 354 g/mol. The molecule has 2 N–H and O–H groups in total. The Bertz CT molecular complexity index is 763. The maximum absolute atomic E-state index is 12.4. The number of hydrogen-bond donors (Lipinski definition) is 2. The second-order valence-corrected chi connectivity index (χ2v) is 7.36. The molecule has 1 aliphatic carbocycles. The smallest absolute Gasteiger partial charge is 0.263 e. The molecule has 25 heavy (non-hydrogen) atoms. The number of carbonyl (C=O) groups excluding carboxylic acids is 1. The number of carbonyl (C=O) groups is 1. The monoisotopic (exact) mass is 354 g/mol. The van der Waals surface area contributed by atoms with Gasteiger partial charge in [-0.2, -0.15) is 5.26 Å². The Morgan fingerprint density at radius 3 is 2.88 bits per heavy atom. The second kappa shape index (κ2) is 8.21. The number of amides is 1. The summed E-state index contributed by atoms with van der Waals surface area (Å²) in [7, 11) is 0. The van der Waals surface area contributed by atoms with Gasteiger partial charge in [0.15, 0.2) is 5.17 Å². The summed E-state index contributed by atoms with van der Waals surface area (Å²) >= 11 is 1.58. The van der Waals surface area contributed by atoms with Gasteiger partial charge in [-0.3, -0.25) is 9.79 Å². The molecular weight excluding hydrogens is 332 g/mol. The number of nitrogens with zero attached hydrogens (tertiary/aromatic N) is 2. The Morgan fingerprint density at radius 2 is 2.16 bits per heavy atom. The van der Waals surface area contributed by atoms with Gasteiger partial charge in [-0.25, -0.2) is 0 Å². The molecule has 0 fully saturated rings. The lowest BCUT2D eigenvalue weighted by molar-refractivity contribution is -0.117. The summed E-state index contributed by atoms with van der Waals surface area (Å²) in [6, 6.07) is 8.25. The number of nitrogens with one attached hydrogen (secondary N) is 2. The number of amidine groups is 1. The minimum Gasteiger partial charge on any atom is -0.345 e. The van der Waals surface area contributed by atoms with E-state index in [1.54, 1.807) is 11.8 Å². The van der Waals surface area contributed by atoms with Crippen molar-refractivity contribution in [1.29, 1.82) is 5.26 Å². The molecule has 3 rings (SSSR count). The molecule has 2 aliphatic rings. The third kappa shape index (κ3) is 4.43. The topological polar surface area (TPSA) is 77.3 Å². The van der Waals surface area contributed by atoms with Crippen LogP contribution in [0.3, 0.4) is 0 Å². The van der Waals surface area contributed by atoms with Gasteiger partial charge in [0.2, 0.25) is 0 Å². The van der Waals surface area contributed by atoms with Gasteiger partial charge in [0.1, 0.15) is 11.6 Å². The van der Waals surface area contributed by atoms with Crippen molar-refractivity contribution in [3.63, 3.8) is 0 Å². The van der Waals surface area contributed by atoms with Crippen LogP contribution in [-0.4, -0.2) is 23.4 Å². The third-order valence-electron chi connectivity index (χ3n) is 4.51. The van der Waals surface area contributed by atoms with Crippen LogP contribution in [0.15, 0.2) is 35.0 Å². The van der Waals surface area contributed by atoms with Crippen molar-refractivity contribution in [3.8, 4) is 6.07 Å². The van der Waals surface area contributed by atoms with Crippen molar-refractivity contribution in [3.05, 3.63) is 46.7 Å². The van der Waals surface area contributed by atoms with Gasteiger partial charge in [0.25, 0.3) is 5.91 Å². The first kappa shape index (κ1) is 17.6. The van der Waals surface area contributed by atoms with E-state index in [0.29, 0.717) is 0 Å². The molecule has 1 aliphatic heterocycles. The van der Waals surface area contributed by atoms with Crippen LogP contribution >= 0.6 is 11.8 Å². The van der Waals surface area contributed by atoms with E-state index in [2.05, 4.69) is 33.8 Å². The van der Waals surface area contributed by atoms with Crippen LogP contribution in [-0.2, 0) is 17.6 Å². The molecule has 0 spiro atoms. The van der Waals surface area contributed by atoms with Crippen LogP contribution in [0.4, 0.5) is 0 Å². The van der Waals surface area contributed by atoms with Gasteiger partial charge in [-0.05, 0) is 49.3 Å². The standard InChI is InChI=1S/C19H22N4OS/c1-13(15-7-6-14-4-2-3-5-16(14)10-15)23-18(24)17(11-20)12-22-19-21-8-9-25-19/h6-7,10,12-13H,2-5,8-9H2,1H3,(H,21,22)(H,23,24)/b17-12-. The van der Waals surface area contributed by atoms with Crippen LogP contribution in [0.2, 0.25) is 0 Å². The van der Waals surface area contributed by atoms with E-state index in [0.717, 1.165) is 35.9 Å². The first-order valence-electron chi connectivity index (χ1n) is 8.64. The molecule has 0 saturated carbocycles. The number of aliphatic imine (C=N–C) groups is 1. The largest absolute Gasteiger partial charge is 0.345 e. The average Bonchev–Trinajstić information content (AvgIpc) is 3.15. The van der Waals surface area contributed by atoms with Crippen molar-refractivity contribution < 1.29 is 4.79 Å². The minimum absolute atomic E-state index is 0.0556. The van der Waals surface area contributed by atoms with Crippen LogP contribution < -0.4 is 10.6 Å². The molecule has 0 saturated heterocycles. The zero-order valence-electron chi connectivity index (χ0n) is 14.3. The van der Waals surface area contributed by atoms with Crippen molar-refractivity contribution in [1.82, 2.24) is 10.6 Å².